The Morgan fingerprint density at radius 3 is 2.47 bits per heavy atom. The second-order valence-corrected chi connectivity index (χ2v) is 2.73. The summed E-state index contributed by atoms with van der Waals surface area (Å²) >= 11 is 0. The molecule has 0 aliphatic rings. The van der Waals surface area contributed by atoms with Crippen LogP contribution in [0.5, 0.6) is 0 Å². The van der Waals surface area contributed by atoms with E-state index in [-0.39, 0.29) is 17.1 Å². The first kappa shape index (κ1) is 11.4. The molecule has 15 heavy (non-hydrogen) atoms. The van der Waals surface area contributed by atoms with Crippen LogP contribution in [0, 0.1) is 11.3 Å². The average Bonchev–Trinajstić information content (AvgIpc) is 2.30. The van der Waals surface area contributed by atoms with Crippen LogP contribution in [-0.2, 0) is 17.1 Å². The minimum Gasteiger partial charge on any atom is -0.255 e. The zero-order chi connectivity index (χ0) is 9.80. The van der Waals surface area contributed by atoms with Crippen LogP contribution in [0.4, 0.5) is 0 Å². The fourth-order valence-electron chi connectivity index (χ4n) is 1.20. The van der Waals surface area contributed by atoms with Crippen LogP contribution in [0.3, 0.4) is 0 Å². The molecule has 0 fully saturated rings. The molecule has 0 unspecified atom stereocenters. The molecule has 74 valence electrons. The Hall–Kier alpha value is -1.69. The first-order valence-corrected chi connectivity index (χ1v) is 4.18. The van der Waals surface area contributed by atoms with Gasteiger partial charge < -0.3 is 0 Å². The first-order chi connectivity index (χ1) is 6.92. The van der Waals surface area contributed by atoms with Crippen LogP contribution in [0.2, 0.25) is 0 Å². The van der Waals surface area contributed by atoms with E-state index in [1.54, 1.807) is 24.5 Å². The Labute approximate surface area is 98.3 Å². The van der Waals surface area contributed by atoms with E-state index in [0.29, 0.717) is 11.3 Å². The van der Waals surface area contributed by atoms with Crippen molar-refractivity contribution in [1.82, 2.24) is 9.97 Å². The van der Waals surface area contributed by atoms with Gasteiger partial charge in [-0.25, -0.2) is 0 Å². The van der Waals surface area contributed by atoms with Crippen molar-refractivity contribution in [1.29, 1.82) is 5.26 Å². The van der Waals surface area contributed by atoms with Gasteiger partial charge in [-0.2, -0.15) is 5.26 Å². The van der Waals surface area contributed by atoms with Gasteiger partial charge in [-0.1, -0.05) is 6.07 Å². The quantitative estimate of drug-likeness (QED) is 0.712. The summed E-state index contributed by atoms with van der Waals surface area (Å²) in [5.41, 5.74) is 1.91. The molecule has 0 aromatic carbocycles. The molecule has 0 N–H and O–H groups in total. The Bertz CT molecular complexity index is 477. The van der Waals surface area contributed by atoms with Gasteiger partial charge in [-0.3, -0.25) is 9.97 Å². The van der Waals surface area contributed by atoms with Gasteiger partial charge in [0, 0.05) is 29.5 Å². The van der Waals surface area contributed by atoms with Gasteiger partial charge in [0.1, 0.15) is 11.8 Å². The molecule has 0 bridgehead atoms. The van der Waals surface area contributed by atoms with Crippen molar-refractivity contribution in [3.05, 3.63) is 48.3 Å². The second-order valence-electron chi connectivity index (χ2n) is 2.73. The van der Waals surface area contributed by atoms with Crippen LogP contribution in [-0.4, -0.2) is 9.97 Å². The molecule has 0 atom stereocenters. The van der Waals surface area contributed by atoms with Crippen molar-refractivity contribution in [2.24, 2.45) is 0 Å². The molecule has 2 aromatic rings. The SMILES string of the molecule is N#Cc1cccnc1-c1ccccn1.[Fe]. The Balaban J connectivity index is 0.00000112. The van der Waals surface area contributed by atoms with E-state index in [4.69, 9.17) is 5.26 Å². The maximum absolute atomic E-state index is 8.86. The Morgan fingerprint density at radius 2 is 1.80 bits per heavy atom. The predicted octanol–water partition coefficient (Wildman–Crippen LogP) is 2.01. The molecule has 4 heteroatoms. The third-order valence-corrected chi connectivity index (χ3v) is 1.84. The van der Waals surface area contributed by atoms with Crippen LogP contribution in [0.1, 0.15) is 5.56 Å². The number of nitriles is 1. The molecule has 2 aromatic heterocycles. The normalized spacial score (nSPS) is 8.73. The largest absolute Gasteiger partial charge is 0.255 e. The molecule has 0 spiro atoms. The second kappa shape index (κ2) is 5.25. The smallest absolute Gasteiger partial charge is 0.106 e. The predicted molar refractivity (Wildman–Crippen MR) is 52.2 cm³/mol. The van der Waals surface area contributed by atoms with Gasteiger partial charge in [-0.15, -0.1) is 0 Å². The molecular formula is C11H7FeN3. The van der Waals surface area contributed by atoms with Crippen molar-refractivity contribution >= 4 is 0 Å². The summed E-state index contributed by atoms with van der Waals surface area (Å²) in [5.74, 6) is 0. The van der Waals surface area contributed by atoms with E-state index in [0.717, 1.165) is 5.69 Å². The zero-order valence-electron chi connectivity index (χ0n) is 7.74. The maximum Gasteiger partial charge on any atom is 0.106 e. The van der Waals surface area contributed by atoms with E-state index in [2.05, 4.69) is 16.0 Å². The summed E-state index contributed by atoms with van der Waals surface area (Å²) in [6.45, 7) is 0. The molecule has 2 heterocycles. The number of rotatable bonds is 1. The number of aromatic nitrogens is 2. The summed E-state index contributed by atoms with van der Waals surface area (Å²) in [7, 11) is 0. The topological polar surface area (TPSA) is 49.6 Å². The summed E-state index contributed by atoms with van der Waals surface area (Å²) in [5, 5.41) is 8.86. The van der Waals surface area contributed by atoms with E-state index in [1.165, 1.54) is 0 Å². The fraction of sp³-hybridized carbons (Fsp3) is 0. The van der Waals surface area contributed by atoms with Crippen molar-refractivity contribution < 1.29 is 17.1 Å². The number of hydrogen-bond acceptors (Lipinski definition) is 3. The molecule has 0 aliphatic carbocycles. The van der Waals surface area contributed by atoms with E-state index in [9.17, 15) is 0 Å². The molecule has 0 saturated carbocycles. The molecular weight excluding hydrogens is 230 g/mol. The molecule has 0 amide bonds. The Kier molecular flexibility index (Phi) is 3.99. The van der Waals surface area contributed by atoms with Gasteiger partial charge in [0.05, 0.1) is 11.3 Å². The van der Waals surface area contributed by atoms with Crippen molar-refractivity contribution in [2.45, 2.75) is 0 Å². The third kappa shape index (κ3) is 2.41. The van der Waals surface area contributed by atoms with Gasteiger partial charge >= 0.3 is 0 Å². The van der Waals surface area contributed by atoms with Crippen molar-refractivity contribution in [2.75, 3.05) is 0 Å². The van der Waals surface area contributed by atoms with Gasteiger partial charge in [0.25, 0.3) is 0 Å². The maximum atomic E-state index is 8.86. The van der Waals surface area contributed by atoms with Gasteiger partial charge in [-0.05, 0) is 24.3 Å². The first-order valence-electron chi connectivity index (χ1n) is 4.18. The monoisotopic (exact) mass is 237 g/mol. The number of hydrogen-bond donors (Lipinski definition) is 0. The minimum atomic E-state index is 0. The number of pyridine rings is 2. The van der Waals surface area contributed by atoms with Crippen LogP contribution >= 0.6 is 0 Å². The van der Waals surface area contributed by atoms with Crippen LogP contribution in [0.25, 0.3) is 11.4 Å². The zero-order valence-corrected chi connectivity index (χ0v) is 8.84. The summed E-state index contributed by atoms with van der Waals surface area (Å²) < 4.78 is 0. The summed E-state index contributed by atoms with van der Waals surface area (Å²) in [6, 6.07) is 11.1. The molecule has 0 radical (unpaired) electrons. The fourth-order valence-corrected chi connectivity index (χ4v) is 1.20. The van der Waals surface area contributed by atoms with Crippen molar-refractivity contribution in [3.8, 4) is 17.5 Å². The van der Waals surface area contributed by atoms with Crippen LogP contribution in [0.15, 0.2) is 42.7 Å². The third-order valence-electron chi connectivity index (χ3n) is 1.84. The van der Waals surface area contributed by atoms with Crippen LogP contribution < -0.4 is 0 Å². The minimum absolute atomic E-state index is 0. The van der Waals surface area contributed by atoms with E-state index < -0.39 is 0 Å². The van der Waals surface area contributed by atoms with Gasteiger partial charge in [0.15, 0.2) is 0 Å². The van der Waals surface area contributed by atoms with Gasteiger partial charge in [0.2, 0.25) is 0 Å². The average molecular weight is 237 g/mol. The Morgan fingerprint density at radius 1 is 1.00 bits per heavy atom. The number of nitrogens with zero attached hydrogens (tertiary/aromatic N) is 3. The molecule has 3 nitrogen and oxygen atoms in total. The standard InChI is InChI=1S/C11H7N3.Fe/c12-8-9-4-3-7-14-11(9)10-5-1-2-6-13-10;/h1-7H;. The summed E-state index contributed by atoms with van der Waals surface area (Å²) in [4.78, 5) is 8.28. The van der Waals surface area contributed by atoms with Crippen molar-refractivity contribution in [3.63, 3.8) is 0 Å². The van der Waals surface area contributed by atoms with E-state index in [1.807, 2.05) is 18.2 Å². The molecule has 2 rings (SSSR count). The molecule has 0 aliphatic heterocycles. The van der Waals surface area contributed by atoms with E-state index >= 15 is 0 Å². The molecule has 0 saturated heterocycles. The summed E-state index contributed by atoms with van der Waals surface area (Å²) in [6.07, 6.45) is 3.34.